The molecule has 0 aliphatic carbocycles. The van der Waals surface area contributed by atoms with E-state index < -0.39 is 0 Å². The van der Waals surface area contributed by atoms with Gasteiger partial charge in [-0.1, -0.05) is 49.7 Å². The highest BCUT2D eigenvalue weighted by atomic mass is 15.4. The van der Waals surface area contributed by atoms with E-state index in [4.69, 9.17) is 4.98 Å². The fourth-order valence-corrected chi connectivity index (χ4v) is 4.00. The van der Waals surface area contributed by atoms with Gasteiger partial charge in [-0.2, -0.15) is 0 Å². The topological polar surface area (TPSA) is 46.3 Å². The van der Waals surface area contributed by atoms with Crippen molar-refractivity contribution in [2.24, 2.45) is 0 Å². The Kier molecular flexibility index (Phi) is 3.64. The summed E-state index contributed by atoms with van der Waals surface area (Å²) < 4.78 is 2.17. The Bertz CT molecular complexity index is 1160. The molecule has 5 nitrogen and oxygen atoms in total. The molecule has 5 heteroatoms. The van der Waals surface area contributed by atoms with Crippen molar-refractivity contribution < 1.29 is 0 Å². The van der Waals surface area contributed by atoms with Crippen LogP contribution in [0.4, 0.5) is 5.95 Å². The van der Waals surface area contributed by atoms with Gasteiger partial charge in [0.05, 0.1) is 5.52 Å². The Morgan fingerprint density at radius 1 is 1.00 bits per heavy atom. The molecular weight excluding hydrogens is 334 g/mol. The second kappa shape index (κ2) is 6.05. The lowest BCUT2D eigenvalue weighted by Gasteiger charge is -2.30. The van der Waals surface area contributed by atoms with Crippen molar-refractivity contribution in [3.05, 3.63) is 65.0 Å². The van der Waals surface area contributed by atoms with Crippen LogP contribution in [0.2, 0.25) is 0 Å². The molecule has 1 aliphatic heterocycles. The summed E-state index contributed by atoms with van der Waals surface area (Å²) in [5, 5.41) is 10.1. The molecule has 2 aromatic heterocycles. The molecule has 0 spiro atoms. The Morgan fingerprint density at radius 3 is 2.63 bits per heavy atom. The van der Waals surface area contributed by atoms with Crippen LogP contribution in [-0.2, 0) is 13.0 Å². The van der Waals surface area contributed by atoms with Gasteiger partial charge in [0.15, 0.2) is 5.65 Å². The zero-order valence-corrected chi connectivity index (χ0v) is 16.0. The van der Waals surface area contributed by atoms with Gasteiger partial charge < -0.3 is 4.90 Å². The highest BCUT2D eigenvalue weighted by Gasteiger charge is 2.24. The lowest BCUT2D eigenvalue weighted by Crippen LogP contribution is -2.32. The predicted molar refractivity (Wildman–Crippen MR) is 108 cm³/mol. The number of benzene rings is 2. The van der Waals surface area contributed by atoms with Crippen LogP contribution in [0.15, 0.2) is 42.5 Å². The third-order valence-electron chi connectivity index (χ3n) is 5.43. The van der Waals surface area contributed by atoms with Crippen LogP contribution in [0.25, 0.3) is 16.6 Å². The van der Waals surface area contributed by atoms with Crippen LogP contribution >= 0.6 is 0 Å². The van der Waals surface area contributed by atoms with Gasteiger partial charge in [0.1, 0.15) is 5.82 Å². The van der Waals surface area contributed by atoms with Crippen molar-refractivity contribution in [3.63, 3.8) is 0 Å². The largest absolute Gasteiger partial charge is 0.337 e. The third-order valence-corrected chi connectivity index (χ3v) is 5.43. The zero-order chi connectivity index (χ0) is 18.5. The first-order valence-electron chi connectivity index (χ1n) is 9.59. The fourth-order valence-electron chi connectivity index (χ4n) is 4.00. The van der Waals surface area contributed by atoms with E-state index >= 15 is 0 Å². The highest BCUT2D eigenvalue weighted by molar-refractivity contribution is 5.93. The van der Waals surface area contributed by atoms with E-state index in [-0.39, 0.29) is 5.92 Å². The first-order chi connectivity index (χ1) is 13.1. The van der Waals surface area contributed by atoms with E-state index in [0.717, 1.165) is 47.8 Å². The summed E-state index contributed by atoms with van der Waals surface area (Å²) in [5.74, 6) is 2.19. The van der Waals surface area contributed by atoms with E-state index in [9.17, 15) is 0 Å². The Morgan fingerprint density at radius 2 is 1.81 bits per heavy atom. The third kappa shape index (κ3) is 2.57. The average Bonchev–Trinajstić information content (AvgIpc) is 3.13. The fraction of sp³-hybridized carbons (Fsp3) is 0.318. The molecule has 5 rings (SSSR count). The van der Waals surface area contributed by atoms with Gasteiger partial charge in [-0.05, 0) is 36.6 Å². The van der Waals surface area contributed by atoms with Crippen LogP contribution in [0.5, 0.6) is 0 Å². The number of hydrogen-bond donors (Lipinski definition) is 0. The SMILES string of the molecule is Cc1ccc2nc(N3CCc4ccccc4C3)n3c(C(C)C)nnc3c2c1. The molecule has 27 heavy (non-hydrogen) atoms. The zero-order valence-electron chi connectivity index (χ0n) is 16.0. The minimum atomic E-state index is 0.278. The molecule has 0 fully saturated rings. The van der Waals surface area contributed by atoms with Crippen LogP contribution in [0, 0.1) is 6.92 Å². The summed E-state index contributed by atoms with van der Waals surface area (Å²) in [7, 11) is 0. The molecule has 0 saturated carbocycles. The number of nitrogens with zero attached hydrogens (tertiary/aromatic N) is 5. The molecule has 0 radical (unpaired) electrons. The van der Waals surface area contributed by atoms with Crippen LogP contribution in [0.3, 0.4) is 0 Å². The van der Waals surface area contributed by atoms with Crippen LogP contribution in [-0.4, -0.2) is 26.1 Å². The predicted octanol–water partition coefficient (Wildman–Crippen LogP) is 4.27. The van der Waals surface area contributed by atoms with Gasteiger partial charge in [-0.25, -0.2) is 9.38 Å². The molecule has 0 N–H and O–H groups in total. The lowest BCUT2D eigenvalue weighted by atomic mass is 10.0. The minimum absolute atomic E-state index is 0.278. The van der Waals surface area contributed by atoms with Crippen molar-refractivity contribution in [2.75, 3.05) is 11.4 Å². The summed E-state index contributed by atoms with van der Waals surface area (Å²) in [6.07, 6.45) is 1.03. The number of rotatable bonds is 2. The van der Waals surface area contributed by atoms with Crippen molar-refractivity contribution in [1.29, 1.82) is 0 Å². The maximum absolute atomic E-state index is 5.07. The first-order valence-corrected chi connectivity index (χ1v) is 9.59. The number of anilines is 1. The highest BCUT2D eigenvalue weighted by Crippen LogP contribution is 2.30. The van der Waals surface area contributed by atoms with E-state index in [1.807, 2.05) is 0 Å². The number of fused-ring (bicyclic) bond motifs is 4. The second-order valence-electron chi connectivity index (χ2n) is 7.74. The molecule has 4 aromatic rings. The van der Waals surface area contributed by atoms with Crippen LogP contribution < -0.4 is 4.90 Å². The molecule has 1 aliphatic rings. The maximum Gasteiger partial charge on any atom is 0.213 e. The quantitative estimate of drug-likeness (QED) is 0.537. The molecule has 0 unspecified atom stereocenters. The molecule has 0 amide bonds. The minimum Gasteiger partial charge on any atom is -0.337 e. The summed E-state index contributed by atoms with van der Waals surface area (Å²) in [4.78, 5) is 7.43. The molecule has 0 bridgehead atoms. The van der Waals surface area contributed by atoms with Gasteiger partial charge in [-0.15, -0.1) is 10.2 Å². The average molecular weight is 357 g/mol. The standard InChI is InChI=1S/C22H23N5/c1-14(2)20-24-25-21-18-12-15(3)8-9-19(18)23-22(27(20)21)26-11-10-16-6-4-5-7-17(16)13-26/h4-9,12,14H,10-11,13H2,1-3H3. The molecule has 136 valence electrons. The van der Waals surface area contributed by atoms with E-state index in [0.29, 0.717) is 0 Å². The van der Waals surface area contributed by atoms with Gasteiger partial charge >= 0.3 is 0 Å². The number of aryl methyl sites for hydroxylation is 1. The Hall–Kier alpha value is -2.95. The van der Waals surface area contributed by atoms with E-state index in [2.05, 4.69) is 82.7 Å². The maximum atomic E-state index is 5.07. The number of aromatic nitrogens is 4. The van der Waals surface area contributed by atoms with Crippen LogP contribution in [0.1, 0.15) is 42.3 Å². The van der Waals surface area contributed by atoms with Crippen molar-refractivity contribution in [2.45, 2.75) is 39.7 Å². The van der Waals surface area contributed by atoms with Crippen molar-refractivity contribution in [3.8, 4) is 0 Å². The van der Waals surface area contributed by atoms with E-state index in [1.165, 1.54) is 16.7 Å². The van der Waals surface area contributed by atoms with Crippen molar-refractivity contribution in [1.82, 2.24) is 19.6 Å². The molecule has 2 aromatic carbocycles. The summed E-state index contributed by atoms with van der Waals surface area (Å²) in [5.41, 5.74) is 5.90. The first kappa shape index (κ1) is 16.2. The van der Waals surface area contributed by atoms with E-state index in [1.54, 1.807) is 0 Å². The molecule has 0 atom stereocenters. The smallest absolute Gasteiger partial charge is 0.213 e. The summed E-state index contributed by atoms with van der Waals surface area (Å²) in [6, 6.07) is 15.1. The van der Waals surface area contributed by atoms with Gasteiger partial charge in [0, 0.05) is 24.4 Å². The Labute approximate surface area is 158 Å². The van der Waals surface area contributed by atoms with Crippen molar-refractivity contribution >= 4 is 22.5 Å². The normalized spacial score (nSPS) is 14.3. The van der Waals surface area contributed by atoms with Gasteiger partial charge in [0.2, 0.25) is 5.95 Å². The molecule has 0 saturated heterocycles. The van der Waals surface area contributed by atoms with Gasteiger partial charge in [0.25, 0.3) is 0 Å². The molecular formula is C22H23N5. The number of hydrogen-bond acceptors (Lipinski definition) is 4. The molecule has 3 heterocycles. The Balaban J connectivity index is 1.75. The lowest BCUT2D eigenvalue weighted by molar-refractivity contribution is 0.686. The summed E-state index contributed by atoms with van der Waals surface area (Å²) >= 11 is 0. The second-order valence-corrected chi connectivity index (χ2v) is 7.74. The van der Waals surface area contributed by atoms with Gasteiger partial charge in [-0.3, -0.25) is 0 Å². The monoisotopic (exact) mass is 357 g/mol. The summed E-state index contributed by atoms with van der Waals surface area (Å²) in [6.45, 7) is 8.24.